The molecule has 2 unspecified atom stereocenters. The van der Waals surface area contributed by atoms with Crippen LogP contribution in [0.2, 0.25) is 0 Å². The van der Waals surface area contributed by atoms with Crippen LogP contribution in [0, 0.1) is 0 Å². The average Bonchev–Trinajstić information content (AvgIpc) is 2.77. The largest absolute Gasteiger partial charge is 0.481 e. The molecule has 0 saturated carbocycles. The van der Waals surface area contributed by atoms with Crippen LogP contribution in [0.5, 0.6) is 0 Å². The fourth-order valence-corrected chi connectivity index (χ4v) is 2.78. The molecule has 1 fully saturated rings. The van der Waals surface area contributed by atoms with Gasteiger partial charge in [-0.3, -0.25) is 13.8 Å². The number of amides is 1. The van der Waals surface area contributed by atoms with Crippen molar-refractivity contribution in [3.63, 3.8) is 0 Å². The van der Waals surface area contributed by atoms with Crippen molar-refractivity contribution in [1.29, 1.82) is 0 Å². The lowest BCUT2D eigenvalue weighted by atomic mass is 10.4. The number of nitrogens with zero attached hydrogens (tertiary/aromatic N) is 1. The first kappa shape index (κ1) is 13.2. The Morgan fingerprint density at radius 1 is 1.38 bits per heavy atom. The summed E-state index contributed by atoms with van der Waals surface area (Å²) in [6.45, 7) is 3.08. The Morgan fingerprint density at radius 2 is 1.94 bits per heavy atom. The molecule has 5 nitrogen and oxygen atoms in total. The van der Waals surface area contributed by atoms with Gasteiger partial charge in [0.05, 0.1) is 6.42 Å². The number of hydrogen-bond acceptors (Lipinski definition) is 3. The molecule has 92 valence electrons. The summed E-state index contributed by atoms with van der Waals surface area (Å²) in [7, 11) is -1.38. The summed E-state index contributed by atoms with van der Waals surface area (Å²) in [4.78, 5) is 23.9. The second-order valence-electron chi connectivity index (χ2n) is 3.90. The predicted molar refractivity (Wildman–Crippen MR) is 60.5 cm³/mol. The van der Waals surface area contributed by atoms with Crippen LogP contribution in [0.4, 0.5) is 0 Å². The van der Waals surface area contributed by atoms with E-state index in [0.29, 0.717) is 0 Å². The summed E-state index contributed by atoms with van der Waals surface area (Å²) < 4.78 is 11.6. The van der Waals surface area contributed by atoms with Crippen molar-refractivity contribution in [1.82, 2.24) is 4.90 Å². The van der Waals surface area contributed by atoms with Gasteiger partial charge in [-0.15, -0.1) is 0 Å². The Hall–Kier alpha value is -0.910. The Labute approximate surface area is 97.3 Å². The van der Waals surface area contributed by atoms with E-state index in [1.807, 2.05) is 0 Å². The third-order valence-corrected chi connectivity index (χ3v) is 4.27. The molecule has 1 aliphatic rings. The van der Waals surface area contributed by atoms with Crippen LogP contribution in [-0.4, -0.2) is 50.2 Å². The normalized spacial score (nSPS) is 19.4. The maximum absolute atomic E-state index is 11.8. The first-order chi connectivity index (χ1) is 7.52. The zero-order valence-electron chi connectivity index (χ0n) is 9.35. The van der Waals surface area contributed by atoms with E-state index in [1.54, 1.807) is 11.8 Å². The molecule has 0 aromatic rings. The van der Waals surface area contributed by atoms with E-state index < -0.39 is 22.0 Å². The van der Waals surface area contributed by atoms with Gasteiger partial charge in [0, 0.05) is 29.6 Å². The first-order valence-electron chi connectivity index (χ1n) is 5.40. The predicted octanol–water partition coefficient (Wildman–Crippen LogP) is 0.221. The topological polar surface area (TPSA) is 74.7 Å². The monoisotopic (exact) mass is 247 g/mol. The van der Waals surface area contributed by atoms with E-state index in [2.05, 4.69) is 0 Å². The number of rotatable bonds is 5. The second kappa shape index (κ2) is 5.98. The van der Waals surface area contributed by atoms with Crippen molar-refractivity contribution in [3.05, 3.63) is 0 Å². The highest BCUT2D eigenvalue weighted by molar-refractivity contribution is 7.86. The van der Waals surface area contributed by atoms with Crippen molar-refractivity contribution in [2.75, 3.05) is 18.8 Å². The number of aliphatic carboxylic acids is 1. The summed E-state index contributed by atoms with van der Waals surface area (Å²) in [5, 5.41) is 7.88. The molecule has 1 heterocycles. The molecule has 1 N–H and O–H groups in total. The molecule has 0 radical (unpaired) electrons. The molecular formula is C10H17NO4S. The molecule has 1 saturated heterocycles. The summed E-state index contributed by atoms with van der Waals surface area (Å²) in [6.07, 6.45) is 1.85. The van der Waals surface area contributed by atoms with Crippen LogP contribution >= 0.6 is 0 Å². The Balaban J connectivity index is 2.42. The van der Waals surface area contributed by atoms with E-state index >= 15 is 0 Å². The van der Waals surface area contributed by atoms with Gasteiger partial charge >= 0.3 is 5.97 Å². The third-order valence-electron chi connectivity index (χ3n) is 2.68. The van der Waals surface area contributed by atoms with Gasteiger partial charge in [0.25, 0.3) is 0 Å². The smallest absolute Gasteiger partial charge is 0.304 e. The van der Waals surface area contributed by atoms with Gasteiger partial charge in [0.1, 0.15) is 5.25 Å². The number of carboxylic acid groups (broad SMARTS) is 1. The molecule has 0 bridgehead atoms. The standard InChI is InChI=1S/C10H17NO4S/c1-8(16(15)7-4-9(12)13)10(14)11-5-2-3-6-11/h8H,2-7H2,1H3,(H,12,13). The highest BCUT2D eigenvalue weighted by Gasteiger charge is 2.27. The summed E-state index contributed by atoms with van der Waals surface area (Å²) >= 11 is 0. The van der Waals surface area contributed by atoms with E-state index in [-0.39, 0.29) is 18.1 Å². The van der Waals surface area contributed by atoms with Crippen molar-refractivity contribution >= 4 is 22.7 Å². The molecule has 6 heteroatoms. The van der Waals surface area contributed by atoms with Crippen LogP contribution in [-0.2, 0) is 20.4 Å². The van der Waals surface area contributed by atoms with Crippen LogP contribution in [0.15, 0.2) is 0 Å². The SMILES string of the molecule is CC(C(=O)N1CCCC1)S(=O)CCC(=O)O. The summed E-state index contributed by atoms with van der Waals surface area (Å²) in [5.74, 6) is -1.04. The lowest BCUT2D eigenvalue weighted by Gasteiger charge is -2.19. The summed E-state index contributed by atoms with van der Waals surface area (Å²) in [6, 6.07) is 0. The zero-order valence-corrected chi connectivity index (χ0v) is 10.2. The minimum atomic E-state index is -1.38. The van der Waals surface area contributed by atoms with Crippen molar-refractivity contribution in [3.8, 4) is 0 Å². The maximum atomic E-state index is 11.8. The molecular weight excluding hydrogens is 230 g/mol. The van der Waals surface area contributed by atoms with E-state index in [4.69, 9.17) is 5.11 Å². The van der Waals surface area contributed by atoms with Gasteiger partial charge in [0.15, 0.2) is 0 Å². The molecule has 0 aliphatic carbocycles. The minimum absolute atomic E-state index is 0.0517. The maximum Gasteiger partial charge on any atom is 0.304 e. The molecule has 0 aromatic carbocycles. The van der Waals surface area contributed by atoms with Gasteiger partial charge in [-0.25, -0.2) is 0 Å². The quantitative estimate of drug-likeness (QED) is 0.754. The van der Waals surface area contributed by atoms with Crippen LogP contribution in [0.25, 0.3) is 0 Å². The molecule has 1 aliphatic heterocycles. The molecule has 1 amide bonds. The molecule has 2 atom stereocenters. The lowest BCUT2D eigenvalue weighted by Crippen LogP contribution is -2.38. The van der Waals surface area contributed by atoms with Gasteiger partial charge in [-0.2, -0.15) is 0 Å². The highest BCUT2D eigenvalue weighted by Crippen LogP contribution is 2.11. The third kappa shape index (κ3) is 3.59. The van der Waals surface area contributed by atoms with E-state index in [0.717, 1.165) is 25.9 Å². The molecule has 0 aromatic heterocycles. The van der Waals surface area contributed by atoms with Crippen molar-refractivity contribution in [2.24, 2.45) is 0 Å². The lowest BCUT2D eigenvalue weighted by molar-refractivity contribution is -0.136. The number of carboxylic acids is 1. The first-order valence-corrected chi connectivity index (χ1v) is 6.78. The van der Waals surface area contributed by atoms with Crippen molar-refractivity contribution in [2.45, 2.75) is 31.4 Å². The average molecular weight is 247 g/mol. The van der Waals surface area contributed by atoms with E-state index in [9.17, 15) is 13.8 Å². The summed E-state index contributed by atoms with van der Waals surface area (Å²) in [5.41, 5.74) is 0. The second-order valence-corrected chi connectivity index (χ2v) is 5.78. The molecule has 16 heavy (non-hydrogen) atoms. The fourth-order valence-electron chi connectivity index (χ4n) is 1.67. The van der Waals surface area contributed by atoms with Crippen LogP contribution in [0.1, 0.15) is 26.2 Å². The fraction of sp³-hybridized carbons (Fsp3) is 0.800. The van der Waals surface area contributed by atoms with Gasteiger partial charge in [0.2, 0.25) is 5.91 Å². The van der Waals surface area contributed by atoms with Crippen LogP contribution < -0.4 is 0 Å². The Morgan fingerprint density at radius 3 is 2.44 bits per heavy atom. The Bertz CT molecular complexity index is 299. The number of carbonyl (C=O) groups excluding carboxylic acids is 1. The minimum Gasteiger partial charge on any atom is -0.481 e. The number of likely N-dealkylation sites (tertiary alicyclic amines) is 1. The number of carbonyl (C=O) groups is 2. The number of hydrogen-bond donors (Lipinski definition) is 1. The van der Waals surface area contributed by atoms with Gasteiger partial charge < -0.3 is 10.0 Å². The van der Waals surface area contributed by atoms with E-state index in [1.165, 1.54) is 0 Å². The highest BCUT2D eigenvalue weighted by atomic mass is 32.2. The van der Waals surface area contributed by atoms with Gasteiger partial charge in [-0.05, 0) is 19.8 Å². The Kier molecular flexibility index (Phi) is 4.92. The van der Waals surface area contributed by atoms with Crippen molar-refractivity contribution < 1.29 is 18.9 Å². The van der Waals surface area contributed by atoms with Crippen LogP contribution in [0.3, 0.4) is 0 Å². The molecule has 0 spiro atoms. The van der Waals surface area contributed by atoms with Gasteiger partial charge in [-0.1, -0.05) is 0 Å². The molecule has 1 rings (SSSR count). The zero-order chi connectivity index (χ0) is 12.1.